The summed E-state index contributed by atoms with van der Waals surface area (Å²) in [5.41, 5.74) is 5.05. The van der Waals surface area contributed by atoms with Crippen molar-refractivity contribution < 1.29 is 9.59 Å². The summed E-state index contributed by atoms with van der Waals surface area (Å²) in [6.07, 6.45) is 0. The minimum Gasteiger partial charge on any atom is -0.350 e. The Morgan fingerprint density at radius 3 is 2.83 bits per heavy atom. The third kappa shape index (κ3) is 1.41. The predicted octanol–water partition coefficient (Wildman–Crippen LogP) is -0.673. The van der Waals surface area contributed by atoms with E-state index < -0.39 is 6.03 Å². The minimum atomic E-state index is -0.602. The van der Waals surface area contributed by atoms with E-state index in [2.05, 4.69) is 5.32 Å². The van der Waals surface area contributed by atoms with E-state index in [0.717, 1.165) is 0 Å². The van der Waals surface area contributed by atoms with Crippen LogP contribution in [-0.2, 0) is 0 Å². The van der Waals surface area contributed by atoms with Gasteiger partial charge in [0.15, 0.2) is 0 Å². The van der Waals surface area contributed by atoms with Gasteiger partial charge >= 0.3 is 12.1 Å². The number of hydrogen-bond acceptors (Lipinski definition) is 2. The van der Waals surface area contributed by atoms with Crippen LogP contribution in [0.1, 0.15) is 6.92 Å². The van der Waals surface area contributed by atoms with E-state index >= 15 is 0 Å². The Bertz CT molecular complexity index is 206. The highest BCUT2D eigenvalue weighted by Crippen LogP contribution is 2.02. The Kier molecular flexibility index (Phi) is 2.37. The van der Waals surface area contributed by atoms with Gasteiger partial charge in [-0.1, -0.05) is 0 Å². The molecule has 3 N–H and O–H groups in total. The molecular weight excluding hydrogens is 160 g/mol. The lowest BCUT2D eigenvalue weighted by atomic mass is 10.6. The highest BCUT2D eigenvalue weighted by Gasteiger charge is 2.26. The molecule has 0 aliphatic carbocycles. The molecule has 1 aliphatic heterocycles. The van der Waals surface area contributed by atoms with Gasteiger partial charge in [-0.2, -0.15) is 0 Å². The molecule has 1 aliphatic rings. The van der Waals surface area contributed by atoms with E-state index in [0.29, 0.717) is 19.6 Å². The molecule has 1 heterocycles. The van der Waals surface area contributed by atoms with Gasteiger partial charge in [0.25, 0.3) is 0 Å². The van der Waals surface area contributed by atoms with Crippen molar-refractivity contribution in [1.82, 2.24) is 15.3 Å². The molecule has 0 spiro atoms. The summed E-state index contributed by atoms with van der Waals surface area (Å²) in [6, 6.07) is -0.870. The fraction of sp³-hybridized carbons (Fsp3) is 0.667. The number of nitrogens with one attached hydrogen (secondary N) is 1. The zero-order chi connectivity index (χ0) is 9.14. The van der Waals surface area contributed by atoms with Crippen LogP contribution < -0.4 is 11.1 Å². The number of hydrogen-bond donors (Lipinski definition) is 2. The van der Waals surface area contributed by atoms with Crippen molar-refractivity contribution in [3.8, 4) is 0 Å². The second kappa shape index (κ2) is 3.29. The number of rotatable bonds is 2. The standard InChI is InChI=1S/C6H12N4O2/c1-2-9(5(7)11)10-4-3-8-6(10)12/h2-4H2,1H3,(H2,7,11)(H,8,12). The molecule has 0 aromatic carbocycles. The maximum Gasteiger partial charge on any atom is 0.336 e. The molecule has 0 bridgehead atoms. The Labute approximate surface area is 70.3 Å². The summed E-state index contributed by atoms with van der Waals surface area (Å²) < 4.78 is 0. The zero-order valence-corrected chi connectivity index (χ0v) is 6.91. The molecule has 0 saturated carbocycles. The van der Waals surface area contributed by atoms with E-state index in [1.54, 1.807) is 6.92 Å². The first-order valence-corrected chi connectivity index (χ1v) is 3.79. The lowest BCUT2D eigenvalue weighted by molar-refractivity contribution is 0.0737. The van der Waals surface area contributed by atoms with Crippen LogP contribution in [0.4, 0.5) is 9.59 Å². The van der Waals surface area contributed by atoms with Crippen molar-refractivity contribution in [1.29, 1.82) is 0 Å². The average Bonchev–Trinajstić information content (AvgIpc) is 2.38. The molecule has 0 aromatic heterocycles. The summed E-state index contributed by atoms with van der Waals surface area (Å²) in [5.74, 6) is 0. The maximum atomic E-state index is 11.0. The van der Waals surface area contributed by atoms with E-state index in [-0.39, 0.29) is 6.03 Å². The van der Waals surface area contributed by atoms with Crippen molar-refractivity contribution in [3.63, 3.8) is 0 Å². The molecular formula is C6H12N4O2. The van der Waals surface area contributed by atoms with Gasteiger partial charge < -0.3 is 11.1 Å². The molecule has 0 aromatic rings. The van der Waals surface area contributed by atoms with Crippen LogP contribution in [0, 0.1) is 0 Å². The van der Waals surface area contributed by atoms with Crippen molar-refractivity contribution in [3.05, 3.63) is 0 Å². The summed E-state index contributed by atoms with van der Waals surface area (Å²) in [6.45, 7) is 3.22. The van der Waals surface area contributed by atoms with Gasteiger partial charge in [-0.3, -0.25) is 0 Å². The van der Waals surface area contributed by atoms with Crippen LogP contribution in [-0.4, -0.2) is 41.7 Å². The van der Waals surface area contributed by atoms with Gasteiger partial charge in [-0.05, 0) is 6.92 Å². The molecule has 1 saturated heterocycles. The van der Waals surface area contributed by atoms with Crippen molar-refractivity contribution in [2.45, 2.75) is 6.92 Å². The quantitative estimate of drug-likeness (QED) is 0.579. The first-order valence-electron chi connectivity index (χ1n) is 3.79. The molecule has 0 unspecified atom stereocenters. The number of nitrogens with zero attached hydrogens (tertiary/aromatic N) is 2. The lowest BCUT2D eigenvalue weighted by Crippen LogP contribution is -2.50. The Morgan fingerprint density at radius 1 is 1.83 bits per heavy atom. The first-order chi connectivity index (χ1) is 5.66. The molecule has 6 heteroatoms. The molecule has 4 amide bonds. The van der Waals surface area contributed by atoms with E-state index in [1.165, 1.54) is 10.0 Å². The van der Waals surface area contributed by atoms with Crippen LogP contribution in [0.2, 0.25) is 0 Å². The average molecular weight is 172 g/mol. The van der Waals surface area contributed by atoms with Crippen molar-refractivity contribution in [2.75, 3.05) is 19.6 Å². The molecule has 12 heavy (non-hydrogen) atoms. The van der Waals surface area contributed by atoms with Crippen LogP contribution in [0.5, 0.6) is 0 Å². The maximum absolute atomic E-state index is 11.0. The third-order valence-corrected chi connectivity index (χ3v) is 1.68. The second-order valence-corrected chi connectivity index (χ2v) is 2.41. The van der Waals surface area contributed by atoms with Crippen LogP contribution in [0.3, 0.4) is 0 Å². The topological polar surface area (TPSA) is 78.7 Å². The van der Waals surface area contributed by atoms with Gasteiger partial charge in [0.05, 0.1) is 6.54 Å². The van der Waals surface area contributed by atoms with Gasteiger partial charge in [0.2, 0.25) is 0 Å². The van der Waals surface area contributed by atoms with E-state index in [4.69, 9.17) is 5.73 Å². The molecule has 0 radical (unpaired) electrons. The number of urea groups is 2. The number of hydrazine groups is 1. The monoisotopic (exact) mass is 172 g/mol. The fourth-order valence-corrected chi connectivity index (χ4v) is 1.14. The van der Waals surface area contributed by atoms with Crippen molar-refractivity contribution >= 4 is 12.1 Å². The summed E-state index contributed by atoms with van der Waals surface area (Å²) in [4.78, 5) is 21.8. The number of carbonyl (C=O) groups is 2. The zero-order valence-electron chi connectivity index (χ0n) is 6.91. The smallest absolute Gasteiger partial charge is 0.336 e. The highest BCUT2D eigenvalue weighted by molar-refractivity contribution is 5.80. The van der Waals surface area contributed by atoms with Gasteiger partial charge in [-0.25, -0.2) is 19.6 Å². The molecule has 1 rings (SSSR count). The highest BCUT2D eigenvalue weighted by atomic mass is 16.2. The minimum absolute atomic E-state index is 0.268. The molecule has 6 nitrogen and oxygen atoms in total. The first kappa shape index (κ1) is 8.63. The summed E-state index contributed by atoms with van der Waals surface area (Å²) >= 11 is 0. The fourth-order valence-electron chi connectivity index (χ4n) is 1.14. The lowest BCUT2D eigenvalue weighted by Gasteiger charge is -2.27. The molecule has 0 atom stereocenters. The number of primary amides is 1. The van der Waals surface area contributed by atoms with Gasteiger partial charge in [0.1, 0.15) is 0 Å². The van der Waals surface area contributed by atoms with E-state index in [9.17, 15) is 9.59 Å². The SMILES string of the molecule is CCN(C(N)=O)N1CCNC1=O. The van der Waals surface area contributed by atoms with Crippen LogP contribution in [0.15, 0.2) is 0 Å². The second-order valence-electron chi connectivity index (χ2n) is 2.41. The Hall–Kier alpha value is -1.46. The largest absolute Gasteiger partial charge is 0.350 e. The Morgan fingerprint density at radius 2 is 2.50 bits per heavy atom. The molecule has 68 valence electrons. The predicted molar refractivity (Wildman–Crippen MR) is 42.1 cm³/mol. The third-order valence-electron chi connectivity index (χ3n) is 1.68. The molecule has 1 fully saturated rings. The Balaban J connectivity index is 2.65. The van der Waals surface area contributed by atoms with Crippen LogP contribution in [0.25, 0.3) is 0 Å². The normalized spacial score (nSPS) is 16.1. The summed E-state index contributed by atoms with van der Waals surface area (Å²) in [7, 11) is 0. The van der Waals surface area contributed by atoms with Crippen LogP contribution >= 0.6 is 0 Å². The number of carbonyl (C=O) groups excluding carboxylic acids is 2. The van der Waals surface area contributed by atoms with Crippen molar-refractivity contribution in [2.24, 2.45) is 5.73 Å². The number of nitrogens with two attached hydrogens (primary N) is 1. The van der Waals surface area contributed by atoms with Gasteiger partial charge in [0, 0.05) is 13.1 Å². The van der Waals surface area contributed by atoms with Gasteiger partial charge in [-0.15, -0.1) is 0 Å². The van der Waals surface area contributed by atoms with E-state index in [1.807, 2.05) is 0 Å². The number of amides is 4. The summed E-state index contributed by atoms with van der Waals surface area (Å²) in [5, 5.41) is 5.10.